The Labute approximate surface area is 218 Å². The van der Waals surface area contributed by atoms with Crippen LogP contribution in [-0.4, -0.2) is 59.3 Å². The molecule has 1 aliphatic rings. The Hall–Kier alpha value is -3.59. The molecular formula is C28H37N3O6. The standard InChI is InChI=1S/C28H37N3O6/c1-17-9-7-8-10-21(17)24(25(33)29-19-11-13-20(36-6)14-12-19)31(23-15-18(23)2)26(34)22(16-32)30-27(35)37-28(3,4)5/h7-14,18,22-24,32H,15-16H2,1-6H3,(H,29,33)(H,30,35). The van der Waals surface area contributed by atoms with Gasteiger partial charge in [0.25, 0.3) is 5.91 Å². The quantitative estimate of drug-likeness (QED) is 0.471. The van der Waals surface area contributed by atoms with Crippen molar-refractivity contribution in [3.63, 3.8) is 0 Å². The maximum absolute atomic E-state index is 13.9. The zero-order valence-electron chi connectivity index (χ0n) is 22.3. The number of nitrogens with one attached hydrogen (secondary N) is 2. The highest BCUT2D eigenvalue weighted by Gasteiger charge is 2.48. The van der Waals surface area contributed by atoms with Crippen molar-refractivity contribution < 1.29 is 29.0 Å². The first-order valence-corrected chi connectivity index (χ1v) is 12.4. The molecule has 9 nitrogen and oxygen atoms in total. The van der Waals surface area contributed by atoms with Crippen molar-refractivity contribution in [3.05, 3.63) is 59.7 Å². The van der Waals surface area contributed by atoms with Crippen LogP contribution in [-0.2, 0) is 14.3 Å². The van der Waals surface area contributed by atoms with Crippen molar-refractivity contribution in [2.75, 3.05) is 19.0 Å². The number of nitrogens with zero attached hydrogens (tertiary/aromatic N) is 1. The summed E-state index contributed by atoms with van der Waals surface area (Å²) >= 11 is 0. The Bertz CT molecular complexity index is 1110. The molecule has 4 unspecified atom stereocenters. The third-order valence-electron chi connectivity index (χ3n) is 6.22. The fourth-order valence-corrected chi connectivity index (χ4v) is 4.18. The molecule has 2 aromatic rings. The van der Waals surface area contributed by atoms with Crippen LogP contribution >= 0.6 is 0 Å². The second kappa shape index (κ2) is 11.6. The summed E-state index contributed by atoms with van der Waals surface area (Å²) in [5.41, 5.74) is 1.27. The Kier molecular flexibility index (Phi) is 8.81. The lowest BCUT2D eigenvalue weighted by Crippen LogP contribution is -2.54. The van der Waals surface area contributed by atoms with Gasteiger partial charge in [-0.15, -0.1) is 0 Å². The van der Waals surface area contributed by atoms with E-state index < -0.39 is 42.2 Å². The number of benzene rings is 2. The lowest BCUT2D eigenvalue weighted by atomic mass is 9.97. The first kappa shape index (κ1) is 28.0. The Morgan fingerprint density at radius 1 is 1.11 bits per heavy atom. The fraction of sp³-hybridized carbons (Fsp3) is 0.464. The first-order chi connectivity index (χ1) is 17.4. The van der Waals surface area contributed by atoms with E-state index in [-0.39, 0.29) is 12.0 Å². The van der Waals surface area contributed by atoms with Gasteiger partial charge < -0.3 is 30.1 Å². The molecular weight excluding hydrogens is 474 g/mol. The number of alkyl carbamates (subject to hydrolysis) is 1. The third kappa shape index (κ3) is 7.22. The van der Waals surface area contributed by atoms with E-state index in [0.717, 1.165) is 5.56 Å². The summed E-state index contributed by atoms with van der Waals surface area (Å²) in [7, 11) is 1.56. The average Bonchev–Trinajstić information content (AvgIpc) is 3.56. The fourth-order valence-electron chi connectivity index (χ4n) is 4.18. The van der Waals surface area contributed by atoms with Gasteiger partial charge in [-0.25, -0.2) is 4.79 Å². The molecule has 9 heteroatoms. The SMILES string of the molecule is COc1ccc(NC(=O)C(c2ccccc2C)N(C(=O)C(CO)NC(=O)OC(C)(C)C)C2CC2C)cc1. The van der Waals surface area contributed by atoms with E-state index in [2.05, 4.69) is 10.6 Å². The molecule has 0 heterocycles. The summed E-state index contributed by atoms with van der Waals surface area (Å²) in [4.78, 5) is 41.6. The maximum atomic E-state index is 13.9. The number of aliphatic hydroxyl groups excluding tert-OH is 1. The van der Waals surface area contributed by atoms with Crippen LogP contribution in [0.2, 0.25) is 0 Å². The van der Waals surface area contributed by atoms with Gasteiger partial charge in [0.2, 0.25) is 5.91 Å². The van der Waals surface area contributed by atoms with Crippen LogP contribution in [0, 0.1) is 12.8 Å². The molecule has 37 heavy (non-hydrogen) atoms. The summed E-state index contributed by atoms with van der Waals surface area (Å²) in [5, 5.41) is 15.5. The molecule has 0 bridgehead atoms. The van der Waals surface area contributed by atoms with Crippen LogP contribution in [0.15, 0.2) is 48.5 Å². The number of anilines is 1. The summed E-state index contributed by atoms with van der Waals surface area (Å²) in [6.07, 6.45) is -0.118. The van der Waals surface area contributed by atoms with Crippen LogP contribution in [0.5, 0.6) is 5.75 Å². The second-order valence-electron chi connectivity index (χ2n) is 10.4. The van der Waals surface area contributed by atoms with E-state index >= 15 is 0 Å². The zero-order valence-corrected chi connectivity index (χ0v) is 22.3. The number of aliphatic hydroxyl groups is 1. The number of hydrogen-bond acceptors (Lipinski definition) is 6. The van der Waals surface area contributed by atoms with Gasteiger partial charge >= 0.3 is 6.09 Å². The molecule has 2 aromatic carbocycles. The number of carbonyl (C=O) groups excluding carboxylic acids is 3. The van der Waals surface area contributed by atoms with Crippen molar-refractivity contribution in [2.24, 2.45) is 5.92 Å². The van der Waals surface area contributed by atoms with Crippen molar-refractivity contribution in [2.45, 2.75) is 64.8 Å². The second-order valence-corrected chi connectivity index (χ2v) is 10.4. The van der Waals surface area contributed by atoms with E-state index in [1.807, 2.05) is 38.1 Å². The zero-order chi connectivity index (χ0) is 27.3. The average molecular weight is 512 g/mol. The van der Waals surface area contributed by atoms with Crippen molar-refractivity contribution >= 4 is 23.6 Å². The van der Waals surface area contributed by atoms with Crippen LogP contribution < -0.4 is 15.4 Å². The molecule has 0 saturated heterocycles. The topological polar surface area (TPSA) is 117 Å². The number of rotatable bonds is 9. The largest absolute Gasteiger partial charge is 0.497 e. The molecule has 0 radical (unpaired) electrons. The third-order valence-corrected chi connectivity index (χ3v) is 6.22. The van der Waals surface area contributed by atoms with E-state index in [4.69, 9.17) is 9.47 Å². The van der Waals surface area contributed by atoms with E-state index in [9.17, 15) is 19.5 Å². The van der Waals surface area contributed by atoms with Crippen molar-refractivity contribution in [1.29, 1.82) is 0 Å². The Balaban J connectivity index is 1.97. The number of ether oxygens (including phenoxy) is 2. The molecule has 1 aliphatic carbocycles. The van der Waals surface area contributed by atoms with Gasteiger partial charge in [-0.1, -0.05) is 31.2 Å². The molecule has 1 saturated carbocycles. The molecule has 0 spiro atoms. The highest BCUT2D eigenvalue weighted by Crippen LogP contribution is 2.41. The van der Waals surface area contributed by atoms with Gasteiger partial charge in [-0.3, -0.25) is 9.59 Å². The van der Waals surface area contributed by atoms with Gasteiger partial charge in [0.05, 0.1) is 13.7 Å². The summed E-state index contributed by atoms with van der Waals surface area (Å²) < 4.78 is 10.5. The highest BCUT2D eigenvalue weighted by atomic mass is 16.6. The van der Waals surface area contributed by atoms with E-state index in [1.54, 1.807) is 52.1 Å². The van der Waals surface area contributed by atoms with Crippen molar-refractivity contribution in [3.8, 4) is 5.75 Å². The molecule has 3 amide bonds. The minimum atomic E-state index is -1.28. The molecule has 1 fully saturated rings. The monoisotopic (exact) mass is 511 g/mol. The predicted octanol–water partition coefficient (Wildman–Crippen LogP) is 3.81. The van der Waals surface area contributed by atoms with Crippen LogP contribution in [0.4, 0.5) is 10.5 Å². The lowest BCUT2D eigenvalue weighted by molar-refractivity contribution is -0.142. The summed E-state index contributed by atoms with van der Waals surface area (Å²) in [6, 6.07) is 11.8. The van der Waals surface area contributed by atoms with Crippen molar-refractivity contribution in [1.82, 2.24) is 10.2 Å². The summed E-state index contributed by atoms with van der Waals surface area (Å²) in [6.45, 7) is 8.35. The van der Waals surface area contributed by atoms with Gasteiger partial charge in [0.15, 0.2) is 0 Å². The number of carbonyl (C=O) groups is 3. The minimum absolute atomic E-state index is 0.158. The molecule has 0 aliphatic heterocycles. The number of hydrogen-bond donors (Lipinski definition) is 3. The van der Waals surface area contributed by atoms with Crippen LogP contribution in [0.1, 0.15) is 51.3 Å². The highest BCUT2D eigenvalue weighted by molar-refractivity contribution is 5.99. The number of amides is 3. The molecule has 200 valence electrons. The lowest BCUT2D eigenvalue weighted by Gasteiger charge is -2.35. The molecule has 4 atom stereocenters. The number of aryl methyl sites for hydroxylation is 1. The predicted molar refractivity (Wildman–Crippen MR) is 140 cm³/mol. The smallest absolute Gasteiger partial charge is 0.408 e. The van der Waals surface area contributed by atoms with E-state index in [1.165, 1.54) is 4.90 Å². The maximum Gasteiger partial charge on any atom is 0.408 e. The minimum Gasteiger partial charge on any atom is -0.497 e. The number of methoxy groups -OCH3 is 1. The molecule has 0 aromatic heterocycles. The van der Waals surface area contributed by atoms with Gasteiger partial charge in [-0.05, 0) is 75.4 Å². The van der Waals surface area contributed by atoms with Gasteiger partial charge in [0.1, 0.15) is 23.4 Å². The Morgan fingerprint density at radius 2 is 1.73 bits per heavy atom. The van der Waals surface area contributed by atoms with Crippen LogP contribution in [0.3, 0.4) is 0 Å². The van der Waals surface area contributed by atoms with E-state index in [0.29, 0.717) is 23.4 Å². The Morgan fingerprint density at radius 3 is 2.24 bits per heavy atom. The summed E-state index contributed by atoms with van der Waals surface area (Å²) in [5.74, 6) is -0.150. The first-order valence-electron chi connectivity index (χ1n) is 12.4. The van der Waals surface area contributed by atoms with Crippen LogP contribution in [0.25, 0.3) is 0 Å². The molecule has 3 N–H and O–H groups in total. The van der Waals surface area contributed by atoms with Gasteiger partial charge in [-0.2, -0.15) is 0 Å². The normalized spacial score (nSPS) is 18.2. The van der Waals surface area contributed by atoms with Gasteiger partial charge in [0, 0.05) is 11.7 Å². The molecule has 3 rings (SSSR count).